The van der Waals surface area contributed by atoms with Crippen LogP contribution in [0, 0.1) is 0 Å². The fraction of sp³-hybridized carbons (Fsp3) is 0.0571. The van der Waals surface area contributed by atoms with Crippen molar-refractivity contribution >= 4 is 39.0 Å². The molecule has 2 heterocycles. The predicted octanol–water partition coefficient (Wildman–Crippen LogP) is 18.8. The number of hydrogen-bond donors (Lipinski definition) is 0. The van der Waals surface area contributed by atoms with Gasteiger partial charge < -0.3 is 14.1 Å². The Balaban J connectivity index is 0.992. The first-order valence-corrected chi connectivity index (χ1v) is 25.4. The fourth-order valence-corrected chi connectivity index (χ4v) is 13.6. The Hall–Kier alpha value is -9.18. The highest BCUT2D eigenvalue weighted by molar-refractivity contribution is 6.13. The van der Waals surface area contributed by atoms with Gasteiger partial charge in [0.1, 0.15) is 22.7 Å². The van der Waals surface area contributed by atoms with Crippen molar-refractivity contribution < 1.29 is 9.15 Å². The van der Waals surface area contributed by atoms with Crippen LogP contribution in [0.1, 0.15) is 47.2 Å². The molecule has 12 aromatic rings. The summed E-state index contributed by atoms with van der Waals surface area (Å²) in [6.45, 7) is 4.74. The van der Waals surface area contributed by atoms with Crippen molar-refractivity contribution in [1.29, 1.82) is 0 Å². The van der Waals surface area contributed by atoms with Gasteiger partial charge in [-0.05, 0) is 138 Å². The van der Waals surface area contributed by atoms with E-state index in [0.717, 1.165) is 72.8 Å². The Morgan fingerprint density at radius 3 is 1.52 bits per heavy atom. The summed E-state index contributed by atoms with van der Waals surface area (Å²) in [5.74, 6) is 1.70. The zero-order valence-corrected chi connectivity index (χ0v) is 40.3. The van der Waals surface area contributed by atoms with E-state index in [1.165, 1.54) is 77.9 Å². The molecule has 342 valence electrons. The first-order chi connectivity index (χ1) is 36.0. The van der Waals surface area contributed by atoms with Crippen LogP contribution < -0.4 is 9.64 Å². The first-order valence-electron chi connectivity index (χ1n) is 25.4. The highest BCUT2D eigenvalue weighted by atomic mass is 16.5. The predicted molar refractivity (Wildman–Crippen MR) is 299 cm³/mol. The van der Waals surface area contributed by atoms with Crippen molar-refractivity contribution in [2.75, 3.05) is 4.90 Å². The quantitative estimate of drug-likeness (QED) is 0.177. The molecule has 1 aromatic heterocycles. The lowest BCUT2D eigenvalue weighted by atomic mass is 9.66. The van der Waals surface area contributed by atoms with E-state index < -0.39 is 5.41 Å². The molecule has 3 nitrogen and oxygen atoms in total. The SMILES string of the molecule is CC1(C)c2ccccc2-c2ccc(N(c3ccc4c(c3)-c3ccccc3Oc3ccccc3-4)c3ccc4c(c3)-c3ccccc3-c3ccccc3C43c4ccccc4-c4c3ccc3c4oc4ccccc43)cc21. The van der Waals surface area contributed by atoms with Crippen molar-refractivity contribution in [3.8, 4) is 78.3 Å². The van der Waals surface area contributed by atoms with Crippen molar-refractivity contribution in [2.45, 2.75) is 24.7 Å². The van der Waals surface area contributed by atoms with Crippen molar-refractivity contribution in [3.63, 3.8) is 0 Å². The maximum Gasteiger partial charge on any atom is 0.143 e. The smallest absolute Gasteiger partial charge is 0.143 e. The van der Waals surface area contributed by atoms with Gasteiger partial charge in [0, 0.05) is 49.9 Å². The molecule has 0 saturated heterocycles. The molecule has 11 aromatic carbocycles. The normalized spacial score (nSPS) is 15.5. The van der Waals surface area contributed by atoms with Gasteiger partial charge in [-0.25, -0.2) is 0 Å². The standard InChI is InChI=1S/C70H45NO2/c1-69(2)58-25-11-5-20-49(58)50-35-32-44(41-63(50)69)71(42-31-34-47-51-21-8-14-28-64(51)72-65-29-15-10-23-53(65)56(47)39-42)43-33-37-61-57(40-43)46-18-4-3-17-45(46)48-19-6-12-26-59(48)70(61)60-27-13-7-24-55(60)67-62(70)38-36-54-52-22-9-16-30-66(52)73-68(54)67/h3-41H,1-2H3. The number of benzene rings is 11. The third kappa shape index (κ3) is 5.38. The molecule has 0 amide bonds. The van der Waals surface area contributed by atoms with Gasteiger partial charge in [0.25, 0.3) is 0 Å². The van der Waals surface area contributed by atoms with Gasteiger partial charge in [-0.15, -0.1) is 0 Å². The maximum atomic E-state index is 6.94. The lowest BCUT2D eigenvalue weighted by Gasteiger charge is -2.36. The molecule has 0 radical (unpaired) electrons. The Kier molecular flexibility index (Phi) is 8.16. The Morgan fingerprint density at radius 1 is 0.315 bits per heavy atom. The van der Waals surface area contributed by atoms with Crippen LogP contribution in [-0.4, -0.2) is 0 Å². The molecule has 3 aliphatic carbocycles. The van der Waals surface area contributed by atoms with Gasteiger partial charge >= 0.3 is 0 Å². The van der Waals surface area contributed by atoms with Gasteiger partial charge in [0.2, 0.25) is 0 Å². The fourth-order valence-electron chi connectivity index (χ4n) is 13.6. The van der Waals surface area contributed by atoms with Crippen LogP contribution in [0.25, 0.3) is 88.7 Å². The molecule has 1 atom stereocenters. The number of fused-ring (bicyclic) bond motifs is 24. The monoisotopic (exact) mass is 931 g/mol. The van der Waals surface area contributed by atoms with Gasteiger partial charge in [0.05, 0.1) is 5.41 Å². The lowest BCUT2D eigenvalue weighted by Crippen LogP contribution is -2.29. The van der Waals surface area contributed by atoms with E-state index >= 15 is 0 Å². The van der Waals surface area contributed by atoms with Gasteiger partial charge in [-0.1, -0.05) is 196 Å². The van der Waals surface area contributed by atoms with Crippen LogP contribution in [-0.2, 0) is 10.8 Å². The van der Waals surface area contributed by atoms with Crippen LogP contribution in [0.2, 0.25) is 0 Å². The first kappa shape index (κ1) is 40.5. The number of nitrogens with zero attached hydrogens (tertiary/aromatic N) is 1. The maximum absolute atomic E-state index is 6.94. The molecule has 1 unspecified atom stereocenters. The van der Waals surface area contributed by atoms with E-state index in [4.69, 9.17) is 9.15 Å². The molecule has 73 heavy (non-hydrogen) atoms. The topological polar surface area (TPSA) is 25.6 Å². The molecule has 1 spiro atoms. The average molecular weight is 932 g/mol. The minimum Gasteiger partial charge on any atom is -0.456 e. The number of anilines is 3. The highest BCUT2D eigenvalue weighted by Gasteiger charge is 2.51. The van der Waals surface area contributed by atoms with Crippen LogP contribution in [0.3, 0.4) is 0 Å². The van der Waals surface area contributed by atoms with E-state index in [1.807, 2.05) is 0 Å². The van der Waals surface area contributed by atoms with Gasteiger partial charge in [0.15, 0.2) is 0 Å². The largest absolute Gasteiger partial charge is 0.456 e. The minimum atomic E-state index is -0.683. The third-order valence-corrected chi connectivity index (χ3v) is 16.7. The van der Waals surface area contributed by atoms with E-state index in [9.17, 15) is 0 Å². The van der Waals surface area contributed by atoms with E-state index in [2.05, 4.69) is 255 Å². The molecular formula is C70H45NO2. The van der Waals surface area contributed by atoms with Crippen LogP contribution in [0.5, 0.6) is 11.5 Å². The second kappa shape index (κ2) is 14.7. The van der Waals surface area contributed by atoms with Crippen LogP contribution in [0.15, 0.2) is 241 Å². The lowest BCUT2D eigenvalue weighted by molar-refractivity contribution is 0.488. The van der Waals surface area contributed by atoms with Crippen molar-refractivity contribution in [3.05, 3.63) is 270 Å². The van der Waals surface area contributed by atoms with Crippen molar-refractivity contribution in [2.24, 2.45) is 0 Å². The Bertz CT molecular complexity index is 4360. The number of ether oxygens (including phenoxy) is 1. The van der Waals surface area contributed by atoms with E-state index in [-0.39, 0.29) is 5.41 Å². The third-order valence-electron chi connectivity index (χ3n) is 16.7. The van der Waals surface area contributed by atoms with Crippen molar-refractivity contribution in [1.82, 2.24) is 0 Å². The average Bonchev–Trinajstić information content (AvgIpc) is 4.06. The Morgan fingerprint density at radius 2 is 0.781 bits per heavy atom. The summed E-state index contributed by atoms with van der Waals surface area (Å²) < 4.78 is 13.7. The molecule has 3 heteroatoms. The number of para-hydroxylation sites is 3. The molecule has 0 fully saturated rings. The van der Waals surface area contributed by atoms with Crippen LogP contribution >= 0.6 is 0 Å². The molecular weight excluding hydrogens is 887 g/mol. The highest BCUT2D eigenvalue weighted by Crippen LogP contribution is 2.64. The minimum absolute atomic E-state index is 0.194. The Labute approximate surface area is 423 Å². The zero-order chi connectivity index (χ0) is 48.2. The molecule has 0 N–H and O–H groups in total. The summed E-state index contributed by atoms with van der Waals surface area (Å²) in [5, 5.41) is 2.27. The summed E-state index contributed by atoms with van der Waals surface area (Å²) in [4.78, 5) is 2.49. The number of hydrogen-bond acceptors (Lipinski definition) is 3. The molecule has 4 aliphatic rings. The van der Waals surface area contributed by atoms with E-state index in [0.29, 0.717) is 0 Å². The molecule has 0 saturated carbocycles. The summed E-state index contributed by atoms with van der Waals surface area (Å²) in [6.07, 6.45) is 0. The van der Waals surface area contributed by atoms with Gasteiger partial charge in [-0.3, -0.25) is 0 Å². The summed E-state index contributed by atoms with van der Waals surface area (Å²) in [5.41, 5.74) is 26.1. The second-order valence-electron chi connectivity index (χ2n) is 20.6. The summed E-state index contributed by atoms with van der Waals surface area (Å²) >= 11 is 0. The number of rotatable bonds is 3. The summed E-state index contributed by atoms with van der Waals surface area (Å²) in [6, 6.07) is 87.5. The molecule has 16 rings (SSSR count). The zero-order valence-electron chi connectivity index (χ0n) is 40.3. The van der Waals surface area contributed by atoms with Crippen LogP contribution in [0.4, 0.5) is 17.1 Å². The van der Waals surface area contributed by atoms with E-state index in [1.54, 1.807) is 0 Å². The second-order valence-corrected chi connectivity index (χ2v) is 20.6. The number of furan rings is 1. The molecule has 1 aliphatic heterocycles. The molecule has 0 bridgehead atoms. The van der Waals surface area contributed by atoms with Gasteiger partial charge in [-0.2, -0.15) is 0 Å². The summed E-state index contributed by atoms with van der Waals surface area (Å²) in [7, 11) is 0.